The van der Waals surface area contributed by atoms with E-state index in [4.69, 9.17) is 10.8 Å². The Labute approximate surface area is 67.7 Å². The topological polar surface area (TPSA) is 46.2 Å². The molecule has 0 fully saturated rings. The van der Waals surface area contributed by atoms with Gasteiger partial charge in [-0.1, -0.05) is 24.8 Å². The predicted octanol–water partition coefficient (Wildman–Crippen LogP) is 0.996. The van der Waals surface area contributed by atoms with Crippen molar-refractivity contribution in [2.45, 2.75) is 6.92 Å². The summed E-state index contributed by atoms with van der Waals surface area (Å²) in [5.74, 6) is 0. The molecule has 0 atom stereocenters. The maximum Gasteiger partial charge on any atom is 0.0684 e. The molecule has 0 rings (SSSR count). The van der Waals surface area contributed by atoms with Crippen LogP contribution in [0.15, 0.2) is 36.0 Å². The number of hydrogen-bond donors (Lipinski definition) is 2. The molecule has 3 N–H and O–H groups in total. The molecule has 0 aromatic heterocycles. The van der Waals surface area contributed by atoms with E-state index < -0.39 is 0 Å². The molecule has 0 amide bonds. The van der Waals surface area contributed by atoms with Crippen LogP contribution in [0.3, 0.4) is 0 Å². The highest BCUT2D eigenvalue weighted by Crippen LogP contribution is 2.06. The lowest BCUT2D eigenvalue weighted by Crippen LogP contribution is -2.07. The number of aliphatic hydroxyl groups excluding tert-OH is 1. The van der Waals surface area contributed by atoms with Crippen LogP contribution in [0.5, 0.6) is 0 Å². The molecule has 0 bridgehead atoms. The zero-order chi connectivity index (χ0) is 8.69. The Morgan fingerprint density at radius 3 is 2.45 bits per heavy atom. The summed E-state index contributed by atoms with van der Waals surface area (Å²) in [5, 5.41) is 8.88. The third-order valence-corrected chi connectivity index (χ3v) is 1.47. The molecular formula is C9H15NO. The molecule has 0 radical (unpaired) electrons. The SMILES string of the molecule is C=C/C=C(CO)\C(=C/C)CN. The van der Waals surface area contributed by atoms with Crippen LogP contribution in [0.4, 0.5) is 0 Å². The van der Waals surface area contributed by atoms with Crippen LogP contribution in [0, 0.1) is 0 Å². The fraction of sp³-hybridized carbons (Fsp3) is 0.333. The van der Waals surface area contributed by atoms with Crippen LogP contribution in [0.25, 0.3) is 0 Å². The van der Waals surface area contributed by atoms with Crippen molar-refractivity contribution in [1.82, 2.24) is 0 Å². The smallest absolute Gasteiger partial charge is 0.0684 e. The van der Waals surface area contributed by atoms with Crippen LogP contribution in [0.2, 0.25) is 0 Å². The van der Waals surface area contributed by atoms with Crippen molar-refractivity contribution in [2.75, 3.05) is 13.2 Å². The minimum absolute atomic E-state index is 0.0168. The molecule has 0 aromatic carbocycles. The van der Waals surface area contributed by atoms with Crippen molar-refractivity contribution in [1.29, 1.82) is 0 Å². The molecule has 0 unspecified atom stereocenters. The van der Waals surface area contributed by atoms with E-state index in [1.807, 2.05) is 13.0 Å². The molecule has 0 aromatic rings. The third-order valence-electron chi connectivity index (χ3n) is 1.47. The Hall–Kier alpha value is -0.860. The summed E-state index contributed by atoms with van der Waals surface area (Å²) in [6.45, 7) is 5.91. The molecule has 2 heteroatoms. The van der Waals surface area contributed by atoms with E-state index in [9.17, 15) is 0 Å². The monoisotopic (exact) mass is 153 g/mol. The lowest BCUT2D eigenvalue weighted by Gasteiger charge is -2.04. The Morgan fingerprint density at radius 1 is 1.55 bits per heavy atom. The number of nitrogens with two attached hydrogens (primary N) is 1. The van der Waals surface area contributed by atoms with Gasteiger partial charge >= 0.3 is 0 Å². The molecule has 0 aliphatic carbocycles. The summed E-state index contributed by atoms with van der Waals surface area (Å²) in [7, 11) is 0. The first kappa shape index (κ1) is 10.1. The Balaban J connectivity index is 4.47. The summed E-state index contributed by atoms with van der Waals surface area (Å²) in [6.07, 6.45) is 5.30. The maximum absolute atomic E-state index is 8.88. The van der Waals surface area contributed by atoms with E-state index in [0.717, 1.165) is 11.1 Å². The van der Waals surface area contributed by atoms with Crippen LogP contribution in [-0.2, 0) is 0 Å². The van der Waals surface area contributed by atoms with Crippen molar-refractivity contribution < 1.29 is 5.11 Å². The maximum atomic E-state index is 8.88. The molecular weight excluding hydrogens is 138 g/mol. The molecule has 11 heavy (non-hydrogen) atoms. The lowest BCUT2D eigenvalue weighted by atomic mass is 10.1. The molecule has 0 saturated carbocycles. The molecule has 0 aliphatic heterocycles. The van der Waals surface area contributed by atoms with Crippen molar-refractivity contribution in [2.24, 2.45) is 5.73 Å². The second-order valence-corrected chi connectivity index (χ2v) is 2.10. The minimum Gasteiger partial charge on any atom is -0.392 e. The van der Waals surface area contributed by atoms with Gasteiger partial charge in [-0.15, -0.1) is 0 Å². The number of allylic oxidation sites excluding steroid dienone is 3. The first-order valence-corrected chi connectivity index (χ1v) is 3.58. The fourth-order valence-electron chi connectivity index (χ4n) is 0.838. The Kier molecular flexibility index (Phi) is 5.43. The van der Waals surface area contributed by atoms with Crippen molar-refractivity contribution in [3.8, 4) is 0 Å². The average Bonchev–Trinajstić information content (AvgIpc) is 2.05. The Morgan fingerprint density at radius 2 is 2.18 bits per heavy atom. The van der Waals surface area contributed by atoms with E-state index in [1.54, 1.807) is 12.2 Å². The third kappa shape index (κ3) is 3.16. The van der Waals surface area contributed by atoms with Gasteiger partial charge in [0.2, 0.25) is 0 Å². The first-order chi connectivity index (χ1) is 5.29. The zero-order valence-corrected chi connectivity index (χ0v) is 6.88. The normalized spacial score (nSPS) is 13.4. The van der Waals surface area contributed by atoms with Crippen molar-refractivity contribution >= 4 is 0 Å². The Bertz CT molecular complexity index is 180. The van der Waals surface area contributed by atoms with E-state index in [2.05, 4.69) is 6.58 Å². The van der Waals surface area contributed by atoms with Gasteiger partial charge in [-0.2, -0.15) is 0 Å². The highest BCUT2D eigenvalue weighted by Gasteiger charge is 1.98. The second-order valence-electron chi connectivity index (χ2n) is 2.10. The van der Waals surface area contributed by atoms with E-state index in [-0.39, 0.29) is 6.61 Å². The molecule has 0 saturated heterocycles. The summed E-state index contributed by atoms with van der Waals surface area (Å²) < 4.78 is 0. The van der Waals surface area contributed by atoms with Gasteiger partial charge in [-0.25, -0.2) is 0 Å². The van der Waals surface area contributed by atoms with Gasteiger partial charge in [0.05, 0.1) is 6.61 Å². The average molecular weight is 153 g/mol. The molecule has 62 valence electrons. The number of hydrogen-bond acceptors (Lipinski definition) is 2. The predicted molar refractivity (Wildman–Crippen MR) is 48.2 cm³/mol. The van der Waals surface area contributed by atoms with Crippen LogP contribution >= 0.6 is 0 Å². The molecule has 0 aliphatic rings. The summed E-state index contributed by atoms with van der Waals surface area (Å²) in [5.41, 5.74) is 7.24. The number of rotatable bonds is 4. The van der Waals surface area contributed by atoms with Crippen LogP contribution in [-0.4, -0.2) is 18.3 Å². The largest absolute Gasteiger partial charge is 0.392 e. The van der Waals surface area contributed by atoms with E-state index in [0.29, 0.717) is 6.54 Å². The molecule has 0 spiro atoms. The highest BCUT2D eigenvalue weighted by atomic mass is 16.3. The number of aliphatic hydroxyl groups is 1. The lowest BCUT2D eigenvalue weighted by molar-refractivity contribution is 0.333. The van der Waals surface area contributed by atoms with Crippen molar-refractivity contribution in [3.63, 3.8) is 0 Å². The van der Waals surface area contributed by atoms with Gasteiger partial charge in [0.15, 0.2) is 0 Å². The van der Waals surface area contributed by atoms with Gasteiger partial charge < -0.3 is 10.8 Å². The van der Waals surface area contributed by atoms with Gasteiger partial charge in [0, 0.05) is 6.54 Å². The molecule has 0 heterocycles. The quantitative estimate of drug-likeness (QED) is 0.592. The van der Waals surface area contributed by atoms with Gasteiger partial charge in [-0.05, 0) is 18.1 Å². The van der Waals surface area contributed by atoms with Crippen LogP contribution < -0.4 is 5.73 Å². The minimum atomic E-state index is 0.0168. The van der Waals surface area contributed by atoms with Gasteiger partial charge in [0.1, 0.15) is 0 Å². The summed E-state index contributed by atoms with van der Waals surface area (Å²) in [6, 6.07) is 0. The van der Waals surface area contributed by atoms with Crippen LogP contribution in [0.1, 0.15) is 6.92 Å². The van der Waals surface area contributed by atoms with E-state index >= 15 is 0 Å². The van der Waals surface area contributed by atoms with Gasteiger partial charge in [0.25, 0.3) is 0 Å². The highest BCUT2D eigenvalue weighted by molar-refractivity contribution is 5.34. The summed E-state index contributed by atoms with van der Waals surface area (Å²) in [4.78, 5) is 0. The standard InChI is InChI=1S/C9H15NO/c1-3-5-9(7-11)8(4-2)6-10/h3-5,11H,1,6-7,10H2,2H3/b8-4-,9-5-. The van der Waals surface area contributed by atoms with Gasteiger partial charge in [-0.3, -0.25) is 0 Å². The van der Waals surface area contributed by atoms with E-state index in [1.165, 1.54) is 0 Å². The summed E-state index contributed by atoms with van der Waals surface area (Å²) >= 11 is 0. The van der Waals surface area contributed by atoms with Crippen molar-refractivity contribution in [3.05, 3.63) is 36.0 Å². The fourth-order valence-corrected chi connectivity index (χ4v) is 0.838. The zero-order valence-electron chi connectivity index (χ0n) is 6.88. The second kappa shape index (κ2) is 5.89. The first-order valence-electron chi connectivity index (χ1n) is 3.58. The molecule has 2 nitrogen and oxygen atoms in total.